The molecular formula is C18H28F3IN4O3S. The third-order valence-corrected chi connectivity index (χ3v) is 6.33. The quantitative estimate of drug-likeness (QED) is 0.241. The predicted molar refractivity (Wildman–Crippen MR) is 121 cm³/mol. The number of hydrogen-bond acceptors (Lipinski definition) is 4. The van der Waals surface area contributed by atoms with Gasteiger partial charge in [0.1, 0.15) is 12.4 Å². The van der Waals surface area contributed by atoms with Crippen molar-refractivity contribution in [3.8, 4) is 5.75 Å². The molecule has 1 heterocycles. The number of hydrogen-bond donors (Lipinski definition) is 2. The summed E-state index contributed by atoms with van der Waals surface area (Å²) in [4.78, 5) is 4.10. The average Bonchev–Trinajstić information content (AvgIpc) is 2.65. The van der Waals surface area contributed by atoms with Gasteiger partial charge in [-0.2, -0.15) is 17.5 Å². The van der Waals surface area contributed by atoms with E-state index in [2.05, 4.69) is 15.6 Å². The molecule has 0 aromatic heterocycles. The van der Waals surface area contributed by atoms with Crippen LogP contribution in [0.25, 0.3) is 0 Å². The van der Waals surface area contributed by atoms with Gasteiger partial charge in [0, 0.05) is 26.2 Å². The van der Waals surface area contributed by atoms with Crippen LogP contribution in [0.15, 0.2) is 23.2 Å². The Morgan fingerprint density at radius 1 is 1.23 bits per heavy atom. The lowest BCUT2D eigenvalue weighted by Gasteiger charge is -2.32. The van der Waals surface area contributed by atoms with Crippen molar-refractivity contribution >= 4 is 40.0 Å². The van der Waals surface area contributed by atoms with Gasteiger partial charge in [0.2, 0.25) is 0 Å². The molecule has 1 saturated heterocycles. The molecule has 0 atom stereocenters. The van der Waals surface area contributed by atoms with Crippen LogP contribution in [0.2, 0.25) is 0 Å². The number of alkyl halides is 3. The van der Waals surface area contributed by atoms with E-state index >= 15 is 0 Å². The normalized spacial score (nSPS) is 16.7. The Hall–Kier alpha value is -1.28. The minimum absolute atomic E-state index is 0. The summed E-state index contributed by atoms with van der Waals surface area (Å²) in [6, 6.07) is 5.75. The maximum atomic E-state index is 12.6. The first-order chi connectivity index (χ1) is 13.6. The van der Waals surface area contributed by atoms with E-state index in [1.165, 1.54) is 0 Å². The molecule has 1 fully saturated rings. The van der Waals surface area contributed by atoms with E-state index in [4.69, 9.17) is 4.74 Å². The monoisotopic (exact) mass is 564 g/mol. The molecule has 1 aromatic carbocycles. The fourth-order valence-corrected chi connectivity index (χ4v) is 4.11. The smallest absolute Gasteiger partial charge is 0.491 e. The highest BCUT2D eigenvalue weighted by molar-refractivity contribution is 14.0. The second-order valence-corrected chi connectivity index (χ2v) is 8.77. The van der Waals surface area contributed by atoms with Crippen molar-refractivity contribution in [2.75, 3.05) is 33.3 Å². The first-order valence-electron chi connectivity index (χ1n) is 9.29. The van der Waals surface area contributed by atoms with Crippen molar-refractivity contribution in [2.24, 2.45) is 4.99 Å². The minimum atomic E-state index is -5.26. The first kappa shape index (κ1) is 26.8. The summed E-state index contributed by atoms with van der Waals surface area (Å²) in [5.74, 6) is 1.34. The summed E-state index contributed by atoms with van der Waals surface area (Å²) in [5, 5.41) is 6.21. The van der Waals surface area contributed by atoms with E-state index < -0.39 is 15.5 Å². The zero-order chi connectivity index (χ0) is 21.7. The van der Waals surface area contributed by atoms with Gasteiger partial charge in [-0.1, -0.05) is 18.2 Å². The molecule has 0 saturated carbocycles. The zero-order valence-corrected chi connectivity index (χ0v) is 20.3. The molecule has 1 aliphatic heterocycles. The highest BCUT2D eigenvalue weighted by atomic mass is 127. The third kappa shape index (κ3) is 6.87. The number of guanidine groups is 1. The van der Waals surface area contributed by atoms with Gasteiger partial charge in [0.25, 0.3) is 0 Å². The van der Waals surface area contributed by atoms with Crippen molar-refractivity contribution in [3.05, 3.63) is 29.3 Å². The van der Waals surface area contributed by atoms with Crippen LogP contribution in [0.4, 0.5) is 13.2 Å². The van der Waals surface area contributed by atoms with Gasteiger partial charge < -0.3 is 15.4 Å². The summed E-state index contributed by atoms with van der Waals surface area (Å²) < 4.78 is 67.1. The van der Waals surface area contributed by atoms with E-state index in [9.17, 15) is 21.6 Å². The van der Waals surface area contributed by atoms with Crippen LogP contribution in [0, 0.1) is 13.8 Å². The van der Waals surface area contributed by atoms with Gasteiger partial charge in [-0.3, -0.25) is 4.99 Å². The van der Waals surface area contributed by atoms with Gasteiger partial charge in [-0.25, -0.2) is 8.42 Å². The van der Waals surface area contributed by atoms with Crippen LogP contribution in [0.3, 0.4) is 0 Å². The van der Waals surface area contributed by atoms with Crippen LogP contribution in [0.5, 0.6) is 5.75 Å². The molecule has 172 valence electrons. The molecule has 0 radical (unpaired) electrons. The summed E-state index contributed by atoms with van der Waals surface area (Å²) in [5.41, 5.74) is -3.17. The number of ether oxygens (including phenoxy) is 1. The maximum Gasteiger partial charge on any atom is 0.511 e. The Balaban J connectivity index is 0.00000450. The summed E-state index contributed by atoms with van der Waals surface area (Å²) in [7, 11) is -3.68. The van der Waals surface area contributed by atoms with Crippen LogP contribution >= 0.6 is 24.0 Å². The maximum absolute atomic E-state index is 12.6. The van der Waals surface area contributed by atoms with Crippen molar-refractivity contribution in [2.45, 2.75) is 38.2 Å². The zero-order valence-electron chi connectivity index (χ0n) is 17.1. The van der Waals surface area contributed by atoms with E-state index in [1.54, 1.807) is 7.05 Å². The average molecular weight is 564 g/mol. The molecule has 7 nitrogen and oxygen atoms in total. The van der Waals surface area contributed by atoms with E-state index in [-0.39, 0.29) is 55.9 Å². The molecule has 0 bridgehead atoms. The second kappa shape index (κ2) is 11.4. The van der Waals surface area contributed by atoms with E-state index in [0.717, 1.165) is 16.9 Å². The van der Waals surface area contributed by atoms with Crippen molar-refractivity contribution in [3.63, 3.8) is 0 Å². The summed E-state index contributed by atoms with van der Waals surface area (Å²) >= 11 is 0. The van der Waals surface area contributed by atoms with Gasteiger partial charge in [-0.15, -0.1) is 24.0 Å². The van der Waals surface area contributed by atoms with Gasteiger partial charge in [0.15, 0.2) is 5.96 Å². The highest BCUT2D eigenvalue weighted by Crippen LogP contribution is 2.29. The van der Waals surface area contributed by atoms with E-state index in [1.807, 2.05) is 32.0 Å². The lowest BCUT2D eigenvalue weighted by atomic mass is 10.1. The van der Waals surface area contributed by atoms with Gasteiger partial charge >= 0.3 is 15.5 Å². The Morgan fingerprint density at radius 2 is 1.80 bits per heavy atom. The molecular weight excluding hydrogens is 536 g/mol. The number of aliphatic imine (C=N–C) groups is 1. The molecule has 0 unspecified atom stereocenters. The largest absolute Gasteiger partial charge is 0.511 e. The highest BCUT2D eigenvalue weighted by Gasteiger charge is 2.50. The number of nitrogens with zero attached hydrogens (tertiary/aromatic N) is 2. The van der Waals surface area contributed by atoms with Crippen molar-refractivity contribution in [1.82, 2.24) is 14.9 Å². The van der Waals surface area contributed by atoms with Gasteiger partial charge in [-0.05, 0) is 37.8 Å². The number of halogens is 4. The number of aryl methyl sites for hydroxylation is 2. The number of para-hydroxylation sites is 1. The summed E-state index contributed by atoms with van der Waals surface area (Å²) in [6.07, 6.45) is 0.518. The van der Waals surface area contributed by atoms with Gasteiger partial charge in [0.05, 0.1) is 6.54 Å². The molecule has 0 aliphatic carbocycles. The number of piperidine rings is 1. The number of rotatable bonds is 6. The molecule has 1 aliphatic rings. The Labute approximate surface area is 192 Å². The predicted octanol–water partition coefficient (Wildman–Crippen LogP) is 2.78. The Bertz CT molecular complexity index is 806. The van der Waals surface area contributed by atoms with Crippen LogP contribution < -0.4 is 15.4 Å². The number of sulfonamides is 1. The van der Waals surface area contributed by atoms with Crippen LogP contribution in [-0.4, -0.2) is 63.5 Å². The Morgan fingerprint density at radius 3 is 2.30 bits per heavy atom. The SMILES string of the molecule is CN=C(NCCOc1c(C)cccc1C)NC1CCN(S(=O)(=O)C(F)(F)F)CC1.I. The number of benzene rings is 1. The molecule has 2 N–H and O–H groups in total. The molecule has 0 spiro atoms. The minimum Gasteiger partial charge on any atom is -0.491 e. The topological polar surface area (TPSA) is 83.0 Å². The molecule has 0 amide bonds. The standard InChI is InChI=1S/C18H27F3N4O3S.HI/c1-13-5-4-6-14(2)16(13)28-12-9-23-17(22-3)24-15-7-10-25(11-8-15)29(26,27)18(19,20)21;/h4-6,15H,7-12H2,1-3H3,(H2,22,23,24);1H. The fraction of sp³-hybridized carbons (Fsp3) is 0.611. The molecule has 2 rings (SSSR count). The lowest BCUT2D eigenvalue weighted by Crippen LogP contribution is -2.52. The first-order valence-corrected chi connectivity index (χ1v) is 10.7. The second-order valence-electron chi connectivity index (χ2n) is 6.84. The third-order valence-electron chi connectivity index (χ3n) is 4.70. The van der Waals surface area contributed by atoms with Crippen LogP contribution in [0.1, 0.15) is 24.0 Å². The molecule has 12 heteroatoms. The Kier molecular flexibility index (Phi) is 10.1. The van der Waals surface area contributed by atoms with E-state index in [0.29, 0.717) is 23.4 Å². The fourth-order valence-electron chi connectivity index (χ4n) is 3.12. The van der Waals surface area contributed by atoms with Crippen molar-refractivity contribution < 1.29 is 26.3 Å². The summed E-state index contributed by atoms with van der Waals surface area (Å²) in [6.45, 7) is 4.46. The molecule has 1 aromatic rings. The lowest BCUT2D eigenvalue weighted by molar-refractivity contribution is -0.0494. The van der Waals surface area contributed by atoms with Crippen molar-refractivity contribution in [1.29, 1.82) is 0 Å². The molecule has 30 heavy (non-hydrogen) atoms. The number of nitrogens with one attached hydrogen (secondary N) is 2. The van der Waals surface area contributed by atoms with Crippen LogP contribution in [-0.2, 0) is 10.0 Å².